The zero-order valence-electron chi connectivity index (χ0n) is 28.5. The van der Waals surface area contributed by atoms with Crippen molar-refractivity contribution in [2.45, 2.75) is 90.2 Å². The molecule has 2 aliphatic rings. The van der Waals surface area contributed by atoms with E-state index in [1.807, 2.05) is 30.3 Å². The van der Waals surface area contributed by atoms with E-state index in [0.717, 1.165) is 5.56 Å². The maximum Gasteiger partial charge on any atom is 0.407 e. The summed E-state index contributed by atoms with van der Waals surface area (Å²) in [5.74, 6) is -1.50. The molecule has 49 heavy (non-hydrogen) atoms. The lowest BCUT2D eigenvalue weighted by Gasteiger charge is -2.35. The summed E-state index contributed by atoms with van der Waals surface area (Å²) >= 11 is 0. The van der Waals surface area contributed by atoms with Crippen molar-refractivity contribution < 1.29 is 42.2 Å². The molecule has 1 saturated heterocycles. The molecular formula is C37H46FN3O8. The third-order valence-electron chi connectivity index (χ3n) is 9.02. The predicted octanol–water partition coefficient (Wildman–Crippen LogP) is 6.40. The Balaban J connectivity index is 1.27. The lowest BCUT2D eigenvalue weighted by Crippen LogP contribution is -2.51. The van der Waals surface area contributed by atoms with Crippen molar-refractivity contribution in [1.29, 1.82) is 0 Å². The number of anilines is 1. The molecular weight excluding hydrogens is 633 g/mol. The van der Waals surface area contributed by atoms with Gasteiger partial charge in [0.05, 0.1) is 25.4 Å². The standard InChI is InChI=1S/C37H46FN3O8/c1-5-46-35(44)31-20-26-19-27(15-16-29(26)48-31)39-33(42)32-30(47-22-23-9-7-6-8-10-23)17-18-41(32)34(43)25-13-11-24(12-14-25)28(21-38)40-36(45)49-37(2,3)4/h6-10,15-16,19-20,24-25,28,30,32H,5,11-14,17-18,21-22H2,1-4H3,(H,39,42)(H,40,45)/t24?,25?,28?,30-,32+/m1/s1. The molecule has 264 valence electrons. The van der Waals surface area contributed by atoms with Crippen molar-refractivity contribution in [2.24, 2.45) is 11.8 Å². The Morgan fingerprint density at radius 2 is 1.73 bits per heavy atom. The number of alkyl halides is 1. The fraction of sp³-hybridized carbons (Fsp3) is 0.514. The lowest BCUT2D eigenvalue weighted by atomic mass is 9.78. The first-order valence-corrected chi connectivity index (χ1v) is 17.0. The Bertz CT molecular complexity index is 1610. The summed E-state index contributed by atoms with van der Waals surface area (Å²) in [6.07, 6.45) is 1.41. The molecule has 5 rings (SSSR count). The van der Waals surface area contributed by atoms with Crippen LogP contribution in [0.3, 0.4) is 0 Å². The molecule has 1 aliphatic heterocycles. The molecule has 0 bridgehead atoms. The molecule has 1 saturated carbocycles. The fourth-order valence-corrected chi connectivity index (χ4v) is 6.66. The van der Waals surface area contributed by atoms with Gasteiger partial charge in [-0.25, -0.2) is 14.0 Å². The van der Waals surface area contributed by atoms with E-state index in [0.29, 0.717) is 55.3 Å². The number of esters is 1. The van der Waals surface area contributed by atoms with Gasteiger partial charge in [-0.3, -0.25) is 9.59 Å². The number of amides is 3. The summed E-state index contributed by atoms with van der Waals surface area (Å²) in [4.78, 5) is 54.1. The summed E-state index contributed by atoms with van der Waals surface area (Å²) in [6, 6.07) is 14.7. The van der Waals surface area contributed by atoms with E-state index in [-0.39, 0.29) is 42.6 Å². The first-order chi connectivity index (χ1) is 23.5. The molecule has 1 unspecified atom stereocenters. The van der Waals surface area contributed by atoms with E-state index in [4.69, 9.17) is 18.6 Å². The van der Waals surface area contributed by atoms with Crippen LogP contribution in [-0.4, -0.2) is 72.4 Å². The van der Waals surface area contributed by atoms with Crippen molar-refractivity contribution in [3.8, 4) is 0 Å². The summed E-state index contributed by atoms with van der Waals surface area (Å²) in [5.41, 5.74) is 1.20. The highest BCUT2D eigenvalue weighted by Crippen LogP contribution is 2.35. The molecule has 2 N–H and O–H groups in total. The number of fused-ring (bicyclic) bond motifs is 1. The molecule has 2 fully saturated rings. The Morgan fingerprint density at radius 1 is 1.00 bits per heavy atom. The highest BCUT2D eigenvalue weighted by Gasteiger charge is 2.45. The third-order valence-corrected chi connectivity index (χ3v) is 9.02. The highest BCUT2D eigenvalue weighted by molar-refractivity contribution is 6.00. The number of alkyl carbamates (subject to hydrolysis) is 1. The van der Waals surface area contributed by atoms with Crippen molar-refractivity contribution in [3.05, 3.63) is 65.9 Å². The van der Waals surface area contributed by atoms with Crippen LogP contribution in [0.15, 0.2) is 59.0 Å². The molecule has 3 aromatic rings. The molecule has 2 heterocycles. The normalized spacial score (nSPS) is 21.6. The van der Waals surface area contributed by atoms with Crippen LogP contribution < -0.4 is 10.6 Å². The predicted molar refractivity (Wildman–Crippen MR) is 181 cm³/mol. The van der Waals surface area contributed by atoms with Crippen LogP contribution in [-0.2, 0) is 30.4 Å². The van der Waals surface area contributed by atoms with Crippen LogP contribution in [0, 0.1) is 11.8 Å². The number of carbonyl (C=O) groups excluding carboxylic acids is 4. The number of rotatable bonds is 11. The first kappa shape index (κ1) is 35.8. The van der Waals surface area contributed by atoms with Gasteiger partial charge in [0.25, 0.3) is 0 Å². The molecule has 1 aromatic heterocycles. The second-order valence-corrected chi connectivity index (χ2v) is 13.7. The second-order valence-electron chi connectivity index (χ2n) is 13.7. The molecule has 2 aromatic carbocycles. The Hall–Kier alpha value is -4.45. The van der Waals surface area contributed by atoms with Gasteiger partial charge in [0.2, 0.25) is 17.6 Å². The van der Waals surface area contributed by atoms with Crippen molar-refractivity contribution in [2.75, 3.05) is 25.1 Å². The van der Waals surface area contributed by atoms with Crippen molar-refractivity contribution in [1.82, 2.24) is 10.2 Å². The van der Waals surface area contributed by atoms with Crippen LogP contribution in [0.2, 0.25) is 0 Å². The number of hydrogen-bond acceptors (Lipinski definition) is 8. The number of ether oxygens (including phenoxy) is 3. The zero-order chi connectivity index (χ0) is 35.1. The van der Waals surface area contributed by atoms with E-state index in [9.17, 15) is 23.6 Å². The van der Waals surface area contributed by atoms with Gasteiger partial charge in [-0.05, 0) is 95.5 Å². The van der Waals surface area contributed by atoms with E-state index < -0.39 is 42.5 Å². The minimum Gasteiger partial charge on any atom is -0.460 e. The Morgan fingerprint density at radius 3 is 2.41 bits per heavy atom. The van der Waals surface area contributed by atoms with Gasteiger partial charge < -0.3 is 34.2 Å². The minimum atomic E-state index is -0.878. The number of carbonyl (C=O) groups is 4. The summed E-state index contributed by atoms with van der Waals surface area (Å²) in [5, 5.41) is 6.23. The summed E-state index contributed by atoms with van der Waals surface area (Å²) in [6.45, 7) is 7.08. The van der Waals surface area contributed by atoms with Crippen LogP contribution in [0.5, 0.6) is 0 Å². The number of nitrogens with zero attached hydrogens (tertiary/aromatic N) is 1. The minimum absolute atomic E-state index is 0.0652. The smallest absolute Gasteiger partial charge is 0.407 e. The van der Waals surface area contributed by atoms with E-state index in [1.165, 1.54) is 0 Å². The molecule has 3 amide bonds. The van der Waals surface area contributed by atoms with Gasteiger partial charge in [-0.1, -0.05) is 30.3 Å². The average molecular weight is 680 g/mol. The number of benzene rings is 2. The average Bonchev–Trinajstić information content (AvgIpc) is 3.70. The maximum absolute atomic E-state index is 14.0. The number of furan rings is 1. The molecule has 3 atom stereocenters. The van der Waals surface area contributed by atoms with Gasteiger partial charge in [-0.2, -0.15) is 0 Å². The van der Waals surface area contributed by atoms with Gasteiger partial charge in [0, 0.05) is 23.5 Å². The lowest BCUT2D eigenvalue weighted by molar-refractivity contribution is -0.144. The van der Waals surface area contributed by atoms with Crippen LogP contribution in [0.25, 0.3) is 11.0 Å². The first-order valence-electron chi connectivity index (χ1n) is 17.0. The fourth-order valence-electron chi connectivity index (χ4n) is 6.66. The quantitative estimate of drug-likeness (QED) is 0.222. The van der Waals surface area contributed by atoms with E-state index in [1.54, 1.807) is 56.9 Å². The SMILES string of the molecule is CCOC(=O)c1cc2cc(NC(=O)[C@@H]3[C@H](OCc4ccccc4)CCN3C(=O)C3CCC(C(CF)NC(=O)OC(C)(C)C)CC3)ccc2o1. The maximum atomic E-state index is 14.0. The Labute approximate surface area is 285 Å². The van der Waals surface area contributed by atoms with Gasteiger partial charge >= 0.3 is 12.1 Å². The highest BCUT2D eigenvalue weighted by atomic mass is 19.1. The number of halogens is 1. The zero-order valence-corrected chi connectivity index (χ0v) is 28.5. The number of nitrogens with one attached hydrogen (secondary N) is 2. The molecule has 11 nitrogen and oxygen atoms in total. The van der Waals surface area contributed by atoms with E-state index in [2.05, 4.69) is 10.6 Å². The van der Waals surface area contributed by atoms with Crippen LogP contribution in [0.4, 0.5) is 14.9 Å². The van der Waals surface area contributed by atoms with Crippen LogP contribution in [0.1, 0.15) is 75.9 Å². The monoisotopic (exact) mass is 679 g/mol. The van der Waals surface area contributed by atoms with Crippen LogP contribution >= 0.6 is 0 Å². The number of likely N-dealkylation sites (tertiary alicyclic amines) is 1. The molecule has 12 heteroatoms. The Kier molecular flexibility index (Phi) is 11.6. The largest absolute Gasteiger partial charge is 0.460 e. The van der Waals surface area contributed by atoms with Gasteiger partial charge in [-0.15, -0.1) is 0 Å². The van der Waals surface area contributed by atoms with Crippen molar-refractivity contribution >= 4 is 40.5 Å². The summed E-state index contributed by atoms with van der Waals surface area (Å²) in [7, 11) is 0. The third kappa shape index (κ3) is 9.17. The molecule has 1 aliphatic carbocycles. The molecule has 0 spiro atoms. The van der Waals surface area contributed by atoms with Gasteiger partial charge in [0.15, 0.2) is 0 Å². The number of hydrogen-bond donors (Lipinski definition) is 2. The van der Waals surface area contributed by atoms with Crippen molar-refractivity contribution in [3.63, 3.8) is 0 Å². The molecule has 0 radical (unpaired) electrons. The summed E-state index contributed by atoms with van der Waals surface area (Å²) < 4.78 is 36.2. The van der Waals surface area contributed by atoms with Gasteiger partial charge in [0.1, 0.15) is 23.9 Å². The van der Waals surface area contributed by atoms with E-state index >= 15 is 0 Å². The second kappa shape index (κ2) is 15.8. The topological polar surface area (TPSA) is 136 Å².